The standard InChI is InChI=1S/C17H21N3O3/c1-11-5-3-8-20-15(11)18-10-14(17(20)23)16(22)19-7-4-6-13(19)9-12(2)21/h3,5,8,10,12-13,21H,4,6-7,9H2,1-2H3. The van der Waals surface area contributed by atoms with E-state index in [1.807, 2.05) is 13.0 Å². The molecule has 3 heterocycles. The van der Waals surface area contributed by atoms with Crippen LogP contribution in [0.15, 0.2) is 29.3 Å². The van der Waals surface area contributed by atoms with E-state index in [1.54, 1.807) is 24.1 Å². The van der Waals surface area contributed by atoms with E-state index >= 15 is 0 Å². The summed E-state index contributed by atoms with van der Waals surface area (Å²) in [5.41, 5.74) is 1.20. The maximum Gasteiger partial charge on any atom is 0.270 e. The first-order valence-electron chi connectivity index (χ1n) is 7.95. The van der Waals surface area contributed by atoms with Gasteiger partial charge in [-0.05, 0) is 44.7 Å². The van der Waals surface area contributed by atoms with Gasteiger partial charge in [-0.3, -0.25) is 14.0 Å². The van der Waals surface area contributed by atoms with Crippen LogP contribution in [-0.2, 0) is 0 Å². The van der Waals surface area contributed by atoms with Crippen LogP contribution < -0.4 is 5.56 Å². The Bertz CT molecular complexity index is 797. The maximum absolute atomic E-state index is 12.8. The van der Waals surface area contributed by atoms with Crippen LogP contribution in [0.25, 0.3) is 5.65 Å². The molecule has 1 fully saturated rings. The van der Waals surface area contributed by atoms with Gasteiger partial charge in [-0.2, -0.15) is 0 Å². The molecule has 23 heavy (non-hydrogen) atoms. The van der Waals surface area contributed by atoms with E-state index in [0.29, 0.717) is 18.6 Å². The molecule has 6 nitrogen and oxygen atoms in total. The van der Waals surface area contributed by atoms with Crippen LogP contribution in [0.5, 0.6) is 0 Å². The van der Waals surface area contributed by atoms with Gasteiger partial charge in [-0.15, -0.1) is 0 Å². The summed E-state index contributed by atoms with van der Waals surface area (Å²) in [6.45, 7) is 4.21. The predicted molar refractivity (Wildman–Crippen MR) is 86.6 cm³/mol. The quantitative estimate of drug-likeness (QED) is 0.928. The number of aryl methyl sites for hydroxylation is 1. The van der Waals surface area contributed by atoms with E-state index in [1.165, 1.54) is 10.6 Å². The van der Waals surface area contributed by atoms with Crippen molar-refractivity contribution in [2.75, 3.05) is 6.54 Å². The van der Waals surface area contributed by atoms with Gasteiger partial charge in [0.2, 0.25) is 0 Å². The summed E-state index contributed by atoms with van der Waals surface area (Å²) < 4.78 is 1.42. The number of aliphatic hydroxyl groups is 1. The first kappa shape index (κ1) is 15.7. The average molecular weight is 315 g/mol. The van der Waals surface area contributed by atoms with Crippen molar-refractivity contribution in [1.82, 2.24) is 14.3 Å². The third-order valence-electron chi connectivity index (χ3n) is 4.41. The van der Waals surface area contributed by atoms with Gasteiger partial charge in [-0.1, -0.05) is 6.07 Å². The molecule has 0 bridgehead atoms. The molecule has 2 aromatic heterocycles. The van der Waals surface area contributed by atoms with Crippen LogP contribution in [0, 0.1) is 6.92 Å². The first-order valence-corrected chi connectivity index (χ1v) is 7.95. The number of amides is 1. The maximum atomic E-state index is 12.8. The van der Waals surface area contributed by atoms with E-state index in [9.17, 15) is 14.7 Å². The summed E-state index contributed by atoms with van der Waals surface area (Å²) in [6.07, 6.45) is 4.83. The Morgan fingerprint density at radius 3 is 3.04 bits per heavy atom. The second-order valence-electron chi connectivity index (χ2n) is 6.24. The zero-order valence-corrected chi connectivity index (χ0v) is 13.4. The molecule has 0 saturated carbocycles. The lowest BCUT2D eigenvalue weighted by Crippen LogP contribution is -2.40. The molecule has 1 amide bonds. The Morgan fingerprint density at radius 2 is 2.30 bits per heavy atom. The number of aliphatic hydroxyl groups excluding tert-OH is 1. The second-order valence-corrected chi connectivity index (χ2v) is 6.24. The average Bonchev–Trinajstić information content (AvgIpc) is 2.95. The molecule has 1 aliphatic rings. The second kappa shape index (κ2) is 6.12. The molecule has 2 aromatic rings. The molecule has 1 saturated heterocycles. The number of nitrogens with zero attached hydrogens (tertiary/aromatic N) is 3. The van der Waals surface area contributed by atoms with Crippen LogP contribution in [-0.4, -0.2) is 44.0 Å². The van der Waals surface area contributed by atoms with Crippen molar-refractivity contribution in [2.45, 2.75) is 45.3 Å². The number of hydrogen-bond donors (Lipinski definition) is 1. The molecular formula is C17H21N3O3. The summed E-state index contributed by atoms with van der Waals surface area (Å²) in [4.78, 5) is 31.4. The number of likely N-dealkylation sites (tertiary alicyclic amines) is 1. The van der Waals surface area contributed by atoms with Gasteiger partial charge in [0.15, 0.2) is 0 Å². The first-order chi connectivity index (χ1) is 11.0. The number of fused-ring (bicyclic) bond motifs is 1. The van der Waals surface area contributed by atoms with Gasteiger partial charge >= 0.3 is 0 Å². The lowest BCUT2D eigenvalue weighted by molar-refractivity contribution is 0.0679. The van der Waals surface area contributed by atoms with E-state index in [-0.39, 0.29) is 23.1 Å². The number of carbonyl (C=O) groups excluding carboxylic acids is 1. The van der Waals surface area contributed by atoms with Gasteiger partial charge < -0.3 is 10.0 Å². The van der Waals surface area contributed by atoms with Crippen molar-refractivity contribution in [2.24, 2.45) is 0 Å². The van der Waals surface area contributed by atoms with Crippen molar-refractivity contribution >= 4 is 11.6 Å². The number of pyridine rings is 1. The number of carbonyl (C=O) groups is 1. The minimum atomic E-state index is -0.466. The highest BCUT2D eigenvalue weighted by molar-refractivity contribution is 5.94. The molecule has 0 spiro atoms. The van der Waals surface area contributed by atoms with Crippen LogP contribution in [0.2, 0.25) is 0 Å². The predicted octanol–water partition coefficient (Wildman–Crippen LogP) is 1.38. The highest BCUT2D eigenvalue weighted by Crippen LogP contribution is 2.23. The Balaban J connectivity index is 1.98. The largest absolute Gasteiger partial charge is 0.393 e. The van der Waals surface area contributed by atoms with Gasteiger partial charge in [0.1, 0.15) is 11.2 Å². The van der Waals surface area contributed by atoms with Crippen molar-refractivity contribution in [3.8, 4) is 0 Å². The zero-order chi connectivity index (χ0) is 16.6. The lowest BCUT2D eigenvalue weighted by Gasteiger charge is -2.25. The van der Waals surface area contributed by atoms with Gasteiger partial charge in [0.05, 0.1) is 6.10 Å². The highest BCUT2D eigenvalue weighted by Gasteiger charge is 2.31. The molecule has 6 heteroatoms. The van der Waals surface area contributed by atoms with E-state index in [4.69, 9.17) is 0 Å². The van der Waals surface area contributed by atoms with E-state index in [0.717, 1.165) is 18.4 Å². The Morgan fingerprint density at radius 1 is 1.52 bits per heavy atom. The number of rotatable bonds is 3. The Kier molecular flexibility index (Phi) is 4.17. The third kappa shape index (κ3) is 2.86. The SMILES string of the molecule is Cc1cccn2c(=O)c(C(=O)N3CCCC3CC(C)O)cnc12. The normalized spacial score (nSPS) is 19.3. The molecule has 122 valence electrons. The van der Waals surface area contributed by atoms with E-state index in [2.05, 4.69) is 4.98 Å². The number of aromatic nitrogens is 2. The van der Waals surface area contributed by atoms with Crippen molar-refractivity contribution in [1.29, 1.82) is 0 Å². The lowest BCUT2D eigenvalue weighted by atomic mass is 10.1. The van der Waals surface area contributed by atoms with Crippen LogP contribution in [0.4, 0.5) is 0 Å². The fraction of sp³-hybridized carbons (Fsp3) is 0.471. The van der Waals surface area contributed by atoms with Gasteiger partial charge in [0, 0.05) is 25.0 Å². The van der Waals surface area contributed by atoms with Crippen LogP contribution in [0.1, 0.15) is 42.1 Å². The smallest absolute Gasteiger partial charge is 0.270 e. The molecule has 2 atom stereocenters. The van der Waals surface area contributed by atoms with Crippen molar-refractivity contribution < 1.29 is 9.90 Å². The summed E-state index contributed by atoms with van der Waals surface area (Å²) in [6, 6.07) is 3.63. The Hall–Kier alpha value is -2.21. The van der Waals surface area contributed by atoms with Crippen LogP contribution in [0.3, 0.4) is 0 Å². The molecule has 1 aliphatic heterocycles. The van der Waals surface area contributed by atoms with Crippen LogP contribution >= 0.6 is 0 Å². The molecule has 1 N–H and O–H groups in total. The summed E-state index contributed by atoms with van der Waals surface area (Å²) in [5, 5.41) is 9.59. The molecule has 3 rings (SSSR count). The third-order valence-corrected chi connectivity index (χ3v) is 4.41. The van der Waals surface area contributed by atoms with E-state index < -0.39 is 6.10 Å². The Labute approximate surface area is 134 Å². The minimum Gasteiger partial charge on any atom is -0.393 e. The fourth-order valence-electron chi connectivity index (χ4n) is 3.29. The van der Waals surface area contributed by atoms with Gasteiger partial charge in [-0.25, -0.2) is 4.98 Å². The van der Waals surface area contributed by atoms with Crippen molar-refractivity contribution in [3.63, 3.8) is 0 Å². The molecule has 2 unspecified atom stereocenters. The molecular weight excluding hydrogens is 294 g/mol. The van der Waals surface area contributed by atoms with Crippen molar-refractivity contribution in [3.05, 3.63) is 46.0 Å². The summed E-state index contributed by atoms with van der Waals surface area (Å²) in [5.74, 6) is -0.290. The number of hydrogen-bond acceptors (Lipinski definition) is 4. The zero-order valence-electron chi connectivity index (χ0n) is 13.4. The fourth-order valence-corrected chi connectivity index (χ4v) is 3.29. The molecule has 0 aromatic carbocycles. The molecule has 0 aliphatic carbocycles. The topological polar surface area (TPSA) is 74.9 Å². The highest BCUT2D eigenvalue weighted by atomic mass is 16.3. The minimum absolute atomic E-state index is 0.0138. The monoisotopic (exact) mass is 315 g/mol. The van der Waals surface area contributed by atoms with Gasteiger partial charge in [0.25, 0.3) is 11.5 Å². The summed E-state index contributed by atoms with van der Waals surface area (Å²) >= 11 is 0. The molecule has 0 radical (unpaired) electrons. The summed E-state index contributed by atoms with van der Waals surface area (Å²) in [7, 11) is 0.